The molecule has 0 saturated heterocycles. The Balaban J connectivity index is 2.31. The molecule has 0 saturated carbocycles. The van der Waals surface area contributed by atoms with Gasteiger partial charge in [-0.3, -0.25) is 0 Å². The molecule has 0 fully saturated rings. The Morgan fingerprint density at radius 3 is 2.00 bits per heavy atom. The molecule has 3 aromatic carbocycles. The van der Waals surface area contributed by atoms with E-state index in [9.17, 15) is 10.2 Å². The van der Waals surface area contributed by atoms with Gasteiger partial charge in [-0.15, -0.1) is 0 Å². The molecule has 0 unspecified atom stereocenters. The number of hydrogen-bond acceptors (Lipinski definition) is 2. The van der Waals surface area contributed by atoms with Gasteiger partial charge in [-0.05, 0) is 65.4 Å². The number of phenolic OH excluding ortho intramolecular Hbond substituents is 2. The van der Waals surface area contributed by atoms with Gasteiger partial charge in [0.2, 0.25) is 0 Å². The highest BCUT2D eigenvalue weighted by atomic mass is 16.3. The maximum absolute atomic E-state index is 10.3. The lowest BCUT2D eigenvalue weighted by atomic mass is 9.88. The van der Waals surface area contributed by atoms with E-state index in [2.05, 4.69) is 0 Å². The van der Waals surface area contributed by atoms with Crippen molar-refractivity contribution < 1.29 is 10.2 Å². The second-order valence-corrected chi connectivity index (χ2v) is 5.50. The third-order valence-electron chi connectivity index (χ3n) is 3.97. The summed E-state index contributed by atoms with van der Waals surface area (Å²) in [5.41, 5.74) is 5.88. The fraction of sp³-hybridized carbons (Fsp3) is 0.100. The summed E-state index contributed by atoms with van der Waals surface area (Å²) in [4.78, 5) is 0. The van der Waals surface area contributed by atoms with Crippen LogP contribution in [-0.2, 0) is 0 Å². The molecule has 2 heteroatoms. The van der Waals surface area contributed by atoms with E-state index in [0.29, 0.717) is 5.75 Å². The Hall–Kier alpha value is -2.74. The predicted octanol–water partition coefficient (Wildman–Crippen LogP) is 5.05. The summed E-state index contributed by atoms with van der Waals surface area (Å²) in [5, 5.41) is 19.8. The zero-order valence-corrected chi connectivity index (χ0v) is 12.7. The van der Waals surface area contributed by atoms with Gasteiger partial charge < -0.3 is 10.2 Å². The van der Waals surface area contributed by atoms with Gasteiger partial charge in [-0.2, -0.15) is 0 Å². The SMILES string of the molecule is Cc1cc(-c2ccc(O)cc2)c(-c2ccccc2)c(C)c1O. The van der Waals surface area contributed by atoms with Crippen LogP contribution in [0.4, 0.5) is 0 Å². The summed E-state index contributed by atoms with van der Waals surface area (Å²) in [6.45, 7) is 3.84. The van der Waals surface area contributed by atoms with Gasteiger partial charge in [0.1, 0.15) is 11.5 Å². The van der Waals surface area contributed by atoms with Crippen molar-refractivity contribution in [2.24, 2.45) is 0 Å². The van der Waals surface area contributed by atoms with Crippen LogP contribution in [0, 0.1) is 13.8 Å². The molecule has 3 aromatic rings. The van der Waals surface area contributed by atoms with Crippen LogP contribution in [0.3, 0.4) is 0 Å². The van der Waals surface area contributed by atoms with Crippen LogP contribution < -0.4 is 0 Å². The van der Waals surface area contributed by atoms with Crippen molar-refractivity contribution in [3.05, 3.63) is 71.8 Å². The van der Waals surface area contributed by atoms with Crippen molar-refractivity contribution in [1.82, 2.24) is 0 Å². The molecule has 0 aliphatic heterocycles. The van der Waals surface area contributed by atoms with Crippen LogP contribution in [0.2, 0.25) is 0 Å². The monoisotopic (exact) mass is 290 g/mol. The van der Waals surface area contributed by atoms with Crippen LogP contribution in [0.5, 0.6) is 11.5 Å². The van der Waals surface area contributed by atoms with Gasteiger partial charge in [-0.25, -0.2) is 0 Å². The van der Waals surface area contributed by atoms with E-state index in [4.69, 9.17) is 0 Å². The number of benzene rings is 3. The Labute approximate surface area is 130 Å². The van der Waals surface area contributed by atoms with Crippen molar-refractivity contribution in [2.45, 2.75) is 13.8 Å². The minimum Gasteiger partial charge on any atom is -0.508 e. The third-order valence-corrected chi connectivity index (χ3v) is 3.97. The van der Waals surface area contributed by atoms with Gasteiger partial charge in [0, 0.05) is 0 Å². The zero-order valence-electron chi connectivity index (χ0n) is 12.7. The maximum Gasteiger partial charge on any atom is 0.122 e. The van der Waals surface area contributed by atoms with E-state index in [1.54, 1.807) is 12.1 Å². The molecule has 0 radical (unpaired) electrons. The second kappa shape index (κ2) is 5.57. The van der Waals surface area contributed by atoms with E-state index >= 15 is 0 Å². The minimum absolute atomic E-state index is 0.247. The van der Waals surface area contributed by atoms with Gasteiger partial charge in [-0.1, -0.05) is 42.5 Å². The number of aromatic hydroxyl groups is 2. The lowest BCUT2D eigenvalue weighted by Gasteiger charge is -2.17. The van der Waals surface area contributed by atoms with Gasteiger partial charge in [0.15, 0.2) is 0 Å². The number of phenols is 2. The van der Waals surface area contributed by atoms with Crippen LogP contribution in [0.25, 0.3) is 22.3 Å². The Morgan fingerprint density at radius 1 is 0.727 bits per heavy atom. The number of rotatable bonds is 2. The molecule has 110 valence electrons. The molecule has 0 atom stereocenters. The van der Waals surface area contributed by atoms with Crippen LogP contribution in [-0.4, -0.2) is 10.2 Å². The molecule has 2 N–H and O–H groups in total. The number of aryl methyl sites for hydroxylation is 1. The van der Waals surface area contributed by atoms with E-state index in [-0.39, 0.29) is 5.75 Å². The molecule has 0 bridgehead atoms. The molecule has 2 nitrogen and oxygen atoms in total. The van der Waals surface area contributed by atoms with Crippen LogP contribution in [0.1, 0.15) is 11.1 Å². The first-order chi connectivity index (χ1) is 10.6. The van der Waals surface area contributed by atoms with E-state index < -0.39 is 0 Å². The average Bonchev–Trinajstić information content (AvgIpc) is 2.54. The topological polar surface area (TPSA) is 40.5 Å². The molecule has 0 aromatic heterocycles. The zero-order chi connectivity index (χ0) is 15.7. The molecule has 22 heavy (non-hydrogen) atoms. The average molecular weight is 290 g/mol. The molecular weight excluding hydrogens is 272 g/mol. The smallest absolute Gasteiger partial charge is 0.122 e. The van der Waals surface area contributed by atoms with E-state index in [1.165, 1.54) is 0 Å². The Kier molecular flexibility index (Phi) is 3.60. The Bertz CT molecular complexity index is 803. The summed E-state index contributed by atoms with van der Waals surface area (Å²) < 4.78 is 0. The van der Waals surface area contributed by atoms with Crippen molar-refractivity contribution >= 4 is 0 Å². The molecule has 0 spiro atoms. The predicted molar refractivity (Wildman–Crippen MR) is 90.1 cm³/mol. The fourth-order valence-corrected chi connectivity index (χ4v) is 2.82. The van der Waals surface area contributed by atoms with Crippen molar-refractivity contribution in [1.29, 1.82) is 0 Å². The highest BCUT2D eigenvalue weighted by Crippen LogP contribution is 2.40. The second-order valence-electron chi connectivity index (χ2n) is 5.50. The molecule has 0 aliphatic rings. The van der Waals surface area contributed by atoms with Gasteiger partial charge >= 0.3 is 0 Å². The summed E-state index contributed by atoms with van der Waals surface area (Å²) in [6.07, 6.45) is 0. The first-order valence-electron chi connectivity index (χ1n) is 7.26. The highest BCUT2D eigenvalue weighted by Gasteiger charge is 2.15. The van der Waals surface area contributed by atoms with Crippen LogP contribution in [0.15, 0.2) is 60.7 Å². The highest BCUT2D eigenvalue weighted by molar-refractivity contribution is 5.88. The molecule has 3 rings (SSSR count). The first-order valence-corrected chi connectivity index (χ1v) is 7.26. The normalized spacial score (nSPS) is 10.6. The van der Waals surface area contributed by atoms with Gasteiger partial charge in [0.05, 0.1) is 0 Å². The maximum atomic E-state index is 10.3. The van der Waals surface area contributed by atoms with Gasteiger partial charge in [0.25, 0.3) is 0 Å². The van der Waals surface area contributed by atoms with Crippen LogP contribution >= 0.6 is 0 Å². The molecule has 0 heterocycles. The summed E-state index contributed by atoms with van der Waals surface area (Å²) in [6, 6.07) is 19.2. The minimum atomic E-state index is 0.247. The number of hydrogen-bond donors (Lipinski definition) is 2. The third kappa shape index (κ3) is 2.44. The quantitative estimate of drug-likeness (QED) is 0.693. The lowest BCUT2D eigenvalue weighted by Crippen LogP contribution is -1.92. The molecule has 0 aliphatic carbocycles. The summed E-state index contributed by atoms with van der Waals surface area (Å²) >= 11 is 0. The summed E-state index contributed by atoms with van der Waals surface area (Å²) in [7, 11) is 0. The van der Waals surface area contributed by atoms with E-state index in [1.807, 2.05) is 62.4 Å². The first kappa shape index (κ1) is 14.2. The molecular formula is C20H18O2. The van der Waals surface area contributed by atoms with Crippen molar-refractivity contribution in [3.8, 4) is 33.8 Å². The fourth-order valence-electron chi connectivity index (χ4n) is 2.82. The van der Waals surface area contributed by atoms with Crippen molar-refractivity contribution in [3.63, 3.8) is 0 Å². The summed E-state index contributed by atoms with van der Waals surface area (Å²) in [5.74, 6) is 0.582. The lowest BCUT2D eigenvalue weighted by molar-refractivity contribution is 0.467. The molecule has 0 amide bonds. The standard InChI is InChI=1S/C20H18O2/c1-13-12-18(15-8-10-17(21)11-9-15)19(14(2)20(13)22)16-6-4-3-5-7-16/h3-12,21-22H,1-2H3. The Morgan fingerprint density at radius 2 is 1.36 bits per heavy atom. The largest absolute Gasteiger partial charge is 0.508 e. The van der Waals surface area contributed by atoms with Crippen molar-refractivity contribution in [2.75, 3.05) is 0 Å². The van der Waals surface area contributed by atoms with E-state index in [0.717, 1.165) is 33.4 Å².